The summed E-state index contributed by atoms with van der Waals surface area (Å²) in [5, 5.41) is 8.46. The van der Waals surface area contributed by atoms with E-state index in [1.54, 1.807) is 12.1 Å². The van der Waals surface area contributed by atoms with Gasteiger partial charge in [0.25, 0.3) is 0 Å². The molecule has 0 unspecified atom stereocenters. The van der Waals surface area contributed by atoms with Crippen LogP contribution in [-0.2, 0) is 24.4 Å². The van der Waals surface area contributed by atoms with E-state index in [1.807, 2.05) is 24.8 Å². The molecule has 0 heterocycles. The summed E-state index contributed by atoms with van der Waals surface area (Å²) in [7, 11) is -7.84. The van der Waals surface area contributed by atoms with Crippen LogP contribution >= 0.6 is 11.6 Å². The fourth-order valence-corrected chi connectivity index (χ4v) is 3.79. The number of anilines is 1. The molecule has 2 aromatic carbocycles. The minimum absolute atomic E-state index is 0.101. The number of aryl methyl sites for hydroxylation is 1. The maximum Gasteiger partial charge on any atom is 0.397 e. The quantitative estimate of drug-likeness (QED) is 0.427. The lowest BCUT2D eigenvalue weighted by Gasteiger charge is -2.23. The van der Waals surface area contributed by atoms with Crippen molar-refractivity contribution in [2.24, 2.45) is 10.2 Å². The summed E-state index contributed by atoms with van der Waals surface area (Å²) < 4.78 is 57.5. The number of rotatable bonds is 9. The van der Waals surface area contributed by atoms with Crippen molar-refractivity contribution in [3.05, 3.63) is 47.0 Å². The second-order valence-corrected chi connectivity index (χ2v) is 9.90. The summed E-state index contributed by atoms with van der Waals surface area (Å²) in [4.78, 5) is 1.98. The molecule has 2 aromatic rings. The number of azo groups is 1. The number of likely N-dealkylation sites (N-methyl/N-ethyl adjacent to an activating group) is 1. The first-order chi connectivity index (χ1) is 13.9. The second kappa shape index (κ2) is 9.84. The van der Waals surface area contributed by atoms with Gasteiger partial charge in [0.15, 0.2) is 9.84 Å². The summed E-state index contributed by atoms with van der Waals surface area (Å²) in [6.45, 7) is 4.42. The van der Waals surface area contributed by atoms with Gasteiger partial charge in [-0.2, -0.15) is 13.5 Å². The Bertz CT molecular complexity index is 1150. The van der Waals surface area contributed by atoms with Crippen LogP contribution in [0.3, 0.4) is 0 Å². The first-order valence-corrected chi connectivity index (χ1v) is 12.4. The van der Waals surface area contributed by atoms with Gasteiger partial charge in [-0.05, 0) is 55.8 Å². The van der Waals surface area contributed by atoms with Gasteiger partial charge in [0.1, 0.15) is 5.69 Å². The molecular weight excluding hydrogens is 454 g/mol. The van der Waals surface area contributed by atoms with E-state index in [0.29, 0.717) is 17.9 Å². The lowest BCUT2D eigenvalue weighted by Crippen LogP contribution is -2.28. The van der Waals surface area contributed by atoms with E-state index >= 15 is 0 Å². The van der Waals surface area contributed by atoms with Crippen LogP contribution < -0.4 is 4.90 Å². The largest absolute Gasteiger partial charge is 0.397 e. The fourth-order valence-electron chi connectivity index (χ4n) is 2.58. The fraction of sp³-hybridized carbons (Fsp3) is 0.333. The third-order valence-electron chi connectivity index (χ3n) is 4.13. The van der Waals surface area contributed by atoms with Crippen molar-refractivity contribution in [2.45, 2.75) is 18.7 Å². The van der Waals surface area contributed by atoms with Crippen LogP contribution in [-0.4, -0.2) is 47.3 Å². The summed E-state index contributed by atoms with van der Waals surface area (Å²) in [5.74, 6) is 0. The van der Waals surface area contributed by atoms with Crippen molar-refractivity contribution in [1.82, 2.24) is 0 Å². The highest BCUT2D eigenvalue weighted by Gasteiger charge is 2.11. The van der Waals surface area contributed by atoms with Gasteiger partial charge >= 0.3 is 10.4 Å². The van der Waals surface area contributed by atoms with E-state index in [-0.39, 0.29) is 23.1 Å². The number of nitrogens with zero attached hydrogens (tertiary/aromatic N) is 3. The number of benzene rings is 2. The van der Waals surface area contributed by atoms with Crippen LogP contribution in [0.15, 0.2) is 51.5 Å². The van der Waals surface area contributed by atoms with E-state index in [1.165, 1.54) is 18.2 Å². The Hall–Kier alpha value is -2.05. The summed E-state index contributed by atoms with van der Waals surface area (Å²) in [6, 6.07) is 9.64. The Morgan fingerprint density at radius 3 is 2.23 bits per heavy atom. The van der Waals surface area contributed by atoms with Gasteiger partial charge < -0.3 is 4.90 Å². The zero-order valence-electron chi connectivity index (χ0n) is 16.6. The number of halogens is 1. The minimum Gasteiger partial charge on any atom is -0.369 e. The average molecular weight is 476 g/mol. The maximum atomic E-state index is 11.6. The molecule has 0 spiro atoms. The molecule has 12 heteroatoms. The van der Waals surface area contributed by atoms with E-state index in [0.717, 1.165) is 17.5 Å². The molecule has 0 aliphatic heterocycles. The van der Waals surface area contributed by atoms with Gasteiger partial charge in [0.2, 0.25) is 0 Å². The Morgan fingerprint density at radius 2 is 1.70 bits per heavy atom. The summed E-state index contributed by atoms with van der Waals surface area (Å²) in [6.07, 6.45) is 1.10. The topological polar surface area (TPSA) is 126 Å². The van der Waals surface area contributed by atoms with Crippen LogP contribution in [0.4, 0.5) is 17.1 Å². The highest BCUT2D eigenvalue weighted by Crippen LogP contribution is 2.31. The zero-order chi connectivity index (χ0) is 22.5. The molecular formula is C18H22ClN3O6S2. The Kier molecular flexibility index (Phi) is 7.94. The normalized spacial score (nSPS) is 12.4. The van der Waals surface area contributed by atoms with Crippen molar-refractivity contribution in [3.63, 3.8) is 0 Å². The van der Waals surface area contributed by atoms with Crippen LogP contribution in [0.5, 0.6) is 0 Å². The van der Waals surface area contributed by atoms with E-state index in [4.69, 9.17) is 16.2 Å². The third-order valence-corrected chi connectivity index (χ3v) is 6.01. The van der Waals surface area contributed by atoms with Crippen molar-refractivity contribution in [1.29, 1.82) is 0 Å². The van der Waals surface area contributed by atoms with Gasteiger partial charge in [-0.1, -0.05) is 11.6 Å². The minimum atomic E-state index is -4.47. The van der Waals surface area contributed by atoms with Gasteiger partial charge in [0.05, 0.1) is 22.2 Å². The molecule has 0 saturated heterocycles. The SMILES string of the molecule is CCN(CCOS(=O)(=O)O)c1ccc(N=Nc2ccc(S(C)(=O)=O)cc2Cl)c(C)c1. The van der Waals surface area contributed by atoms with Crippen LogP contribution in [0.1, 0.15) is 12.5 Å². The monoisotopic (exact) mass is 475 g/mol. The molecule has 0 aliphatic rings. The Labute approximate surface area is 181 Å². The van der Waals surface area contributed by atoms with E-state index in [9.17, 15) is 16.8 Å². The van der Waals surface area contributed by atoms with E-state index in [2.05, 4.69) is 14.4 Å². The van der Waals surface area contributed by atoms with Crippen LogP contribution in [0.25, 0.3) is 0 Å². The zero-order valence-corrected chi connectivity index (χ0v) is 19.0. The highest BCUT2D eigenvalue weighted by molar-refractivity contribution is 7.90. The standard InChI is InChI=1S/C18H22ClN3O6S2/c1-4-22(9-10-28-30(25,26)27)14-5-7-17(13(2)11-14)20-21-18-8-6-15(12-16(18)19)29(3,23)24/h5-8,11-12H,4,9-10H2,1-3H3,(H,25,26,27). The highest BCUT2D eigenvalue weighted by atomic mass is 35.5. The molecule has 0 bridgehead atoms. The van der Waals surface area contributed by atoms with Gasteiger partial charge in [0, 0.05) is 25.0 Å². The molecule has 1 N–H and O–H groups in total. The van der Waals surface area contributed by atoms with Crippen molar-refractivity contribution in [2.75, 3.05) is 30.9 Å². The number of hydrogen-bond acceptors (Lipinski definition) is 8. The molecule has 164 valence electrons. The average Bonchev–Trinajstić information content (AvgIpc) is 2.63. The third kappa shape index (κ3) is 7.03. The molecule has 30 heavy (non-hydrogen) atoms. The molecule has 0 atom stereocenters. The lowest BCUT2D eigenvalue weighted by molar-refractivity contribution is 0.274. The molecule has 0 radical (unpaired) electrons. The summed E-state index contributed by atoms with van der Waals surface area (Å²) >= 11 is 6.11. The molecule has 0 aliphatic carbocycles. The van der Waals surface area contributed by atoms with Crippen molar-refractivity contribution in [3.8, 4) is 0 Å². The van der Waals surface area contributed by atoms with Gasteiger partial charge in [-0.3, -0.25) is 4.55 Å². The lowest BCUT2D eigenvalue weighted by atomic mass is 10.1. The van der Waals surface area contributed by atoms with Crippen LogP contribution in [0, 0.1) is 6.92 Å². The molecule has 9 nitrogen and oxygen atoms in total. The smallest absolute Gasteiger partial charge is 0.369 e. The molecule has 0 aromatic heterocycles. The van der Waals surface area contributed by atoms with E-state index < -0.39 is 20.2 Å². The maximum absolute atomic E-state index is 11.6. The predicted molar refractivity (Wildman–Crippen MR) is 115 cm³/mol. The first-order valence-electron chi connectivity index (χ1n) is 8.79. The summed E-state index contributed by atoms with van der Waals surface area (Å²) in [5.41, 5.74) is 2.56. The van der Waals surface area contributed by atoms with Crippen molar-refractivity contribution < 1.29 is 25.6 Å². The number of hydrogen-bond donors (Lipinski definition) is 1. The second-order valence-electron chi connectivity index (χ2n) is 6.39. The van der Waals surface area contributed by atoms with Crippen LogP contribution in [0.2, 0.25) is 5.02 Å². The first kappa shape index (κ1) is 24.2. The number of sulfone groups is 1. The molecule has 0 fully saturated rings. The predicted octanol–water partition coefficient (Wildman–Crippen LogP) is 4.11. The molecule has 2 rings (SSSR count). The Morgan fingerprint density at radius 1 is 1.07 bits per heavy atom. The molecule has 0 saturated carbocycles. The van der Waals surface area contributed by atoms with Gasteiger partial charge in [-0.25, -0.2) is 12.6 Å². The van der Waals surface area contributed by atoms with Gasteiger partial charge in [-0.15, -0.1) is 5.11 Å². The Balaban J connectivity index is 2.17. The van der Waals surface area contributed by atoms with Crippen molar-refractivity contribution >= 4 is 48.9 Å². The molecule has 0 amide bonds.